The largest absolute Gasteiger partial charge is 0.360 e. The zero-order valence-corrected chi connectivity index (χ0v) is 19.2. The van der Waals surface area contributed by atoms with Crippen LogP contribution in [0.3, 0.4) is 0 Å². The summed E-state index contributed by atoms with van der Waals surface area (Å²) in [6, 6.07) is 8.96. The third-order valence-corrected chi connectivity index (χ3v) is 6.47. The molecule has 0 aliphatic heterocycles. The van der Waals surface area contributed by atoms with Gasteiger partial charge in [0.05, 0.1) is 38.5 Å². The molecule has 2 N–H and O–H groups in total. The zero-order chi connectivity index (χ0) is 23.3. The van der Waals surface area contributed by atoms with Gasteiger partial charge in [0.15, 0.2) is 11.5 Å². The first-order chi connectivity index (χ1) is 15.9. The van der Waals surface area contributed by atoms with Crippen LogP contribution in [-0.2, 0) is 0 Å². The van der Waals surface area contributed by atoms with Gasteiger partial charge in [0.2, 0.25) is 0 Å². The number of rotatable bonds is 4. The maximum absolute atomic E-state index is 14.2. The van der Waals surface area contributed by atoms with Crippen molar-refractivity contribution in [1.29, 1.82) is 0 Å². The second-order valence-corrected chi connectivity index (χ2v) is 8.46. The number of hydrogen-bond acceptors (Lipinski definition) is 5. The van der Waals surface area contributed by atoms with Crippen LogP contribution in [0.15, 0.2) is 53.8 Å². The van der Waals surface area contributed by atoms with Gasteiger partial charge in [-0.05, 0) is 36.6 Å². The maximum atomic E-state index is 14.2. The van der Waals surface area contributed by atoms with Crippen molar-refractivity contribution in [3.05, 3.63) is 86.0 Å². The first-order valence-electron chi connectivity index (χ1n) is 9.75. The molecule has 5 rings (SSSR count). The fraction of sp³-hybridized carbons (Fsp3) is 0.0909. The average Bonchev–Trinajstić information content (AvgIpc) is 3.28. The van der Waals surface area contributed by atoms with Gasteiger partial charge in [0.1, 0.15) is 17.7 Å². The fourth-order valence-electron chi connectivity index (χ4n) is 3.74. The second-order valence-electron chi connectivity index (χ2n) is 7.30. The van der Waals surface area contributed by atoms with E-state index in [1.807, 2.05) is 6.92 Å². The van der Waals surface area contributed by atoms with Crippen LogP contribution in [-0.4, -0.2) is 24.5 Å². The predicted molar refractivity (Wildman–Crippen MR) is 128 cm³/mol. The quantitative estimate of drug-likeness (QED) is 0.317. The zero-order valence-electron chi connectivity index (χ0n) is 16.9. The molecule has 33 heavy (non-hydrogen) atoms. The molecular weight excluding hydrogens is 490 g/mol. The summed E-state index contributed by atoms with van der Waals surface area (Å²) in [5, 5.41) is 3.99. The molecule has 0 fully saturated rings. The highest BCUT2D eigenvalue weighted by molar-refractivity contribution is 6.43. The number of imidazole rings is 1. The topological polar surface area (TPSA) is 88.5 Å². The van der Waals surface area contributed by atoms with Crippen LogP contribution in [0.5, 0.6) is 0 Å². The van der Waals surface area contributed by atoms with E-state index in [1.54, 1.807) is 24.3 Å². The van der Waals surface area contributed by atoms with Crippen LogP contribution in [0.1, 0.15) is 18.7 Å². The molecule has 0 amide bonds. The first kappa shape index (κ1) is 21.6. The molecule has 3 aromatic heterocycles. The van der Waals surface area contributed by atoms with Crippen molar-refractivity contribution in [3.63, 3.8) is 0 Å². The van der Waals surface area contributed by atoms with Crippen LogP contribution >= 0.6 is 34.8 Å². The summed E-state index contributed by atoms with van der Waals surface area (Å²) in [4.78, 5) is 29.2. The van der Waals surface area contributed by atoms with Crippen LogP contribution in [0.4, 0.5) is 10.2 Å². The Morgan fingerprint density at radius 1 is 1.09 bits per heavy atom. The Balaban J connectivity index is 1.77. The van der Waals surface area contributed by atoms with Crippen LogP contribution in [0, 0.1) is 5.82 Å². The number of pyridine rings is 1. The van der Waals surface area contributed by atoms with E-state index < -0.39 is 17.4 Å². The lowest BCUT2D eigenvalue weighted by Crippen LogP contribution is -2.26. The molecule has 0 saturated carbocycles. The van der Waals surface area contributed by atoms with Crippen molar-refractivity contribution in [3.8, 4) is 5.69 Å². The molecule has 5 aromatic rings. The minimum atomic E-state index is -0.689. The molecule has 166 valence electrons. The van der Waals surface area contributed by atoms with Crippen molar-refractivity contribution >= 4 is 62.6 Å². The minimum Gasteiger partial charge on any atom is -0.360 e. The van der Waals surface area contributed by atoms with Crippen molar-refractivity contribution in [1.82, 2.24) is 24.5 Å². The van der Waals surface area contributed by atoms with Gasteiger partial charge in [-0.25, -0.2) is 19.3 Å². The average molecular weight is 504 g/mol. The molecule has 0 bridgehead atoms. The van der Waals surface area contributed by atoms with Crippen LogP contribution in [0.25, 0.3) is 27.6 Å². The van der Waals surface area contributed by atoms with Crippen molar-refractivity contribution < 1.29 is 4.39 Å². The van der Waals surface area contributed by atoms with Gasteiger partial charge >= 0.3 is 0 Å². The molecule has 2 aromatic carbocycles. The monoisotopic (exact) mass is 502 g/mol. The normalized spacial score (nSPS) is 12.4. The lowest BCUT2D eigenvalue weighted by atomic mass is 10.1. The molecule has 0 radical (unpaired) electrons. The molecular formula is C22H14Cl3FN6O. The molecule has 11 heteroatoms. The van der Waals surface area contributed by atoms with E-state index in [-0.39, 0.29) is 20.5 Å². The van der Waals surface area contributed by atoms with Crippen LogP contribution in [0.2, 0.25) is 15.1 Å². The number of halogens is 4. The Labute approximate surface area is 201 Å². The summed E-state index contributed by atoms with van der Waals surface area (Å²) in [7, 11) is 0. The smallest absolute Gasteiger partial charge is 0.264 e. The van der Waals surface area contributed by atoms with Crippen molar-refractivity contribution in [2.75, 3.05) is 5.32 Å². The van der Waals surface area contributed by atoms with Gasteiger partial charge in [-0.15, -0.1) is 0 Å². The number of aromatic nitrogens is 5. The predicted octanol–water partition coefficient (Wildman–Crippen LogP) is 5.93. The van der Waals surface area contributed by atoms with E-state index in [4.69, 9.17) is 34.8 Å². The Morgan fingerprint density at radius 2 is 1.91 bits per heavy atom. The maximum Gasteiger partial charge on any atom is 0.264 e. The molecule has 7 nitrogen and oxygen atoms in total. The van der Waals surface area contributed by atoms with Crippen LogP contribution < -0.4 is 10.9 Å². The summed E-state index contributed by atoms with van der Waals surface area (Å²) < 4.78 is 15.6. The van der Waals surface area contributed by atoms with E-state index in [2.05, 4.69) is 25.3 Å². The van der Waals surface area contributed by atoms with Gasteiger partial charge in [-0.1, -0.05) is 46.9 Å². The highest BCUT2D eigenvalue weighted by Crippen LogP contribution is 2.33. The summed E-state index contributed by atoms with van der Waals surface area (Å²) in [6.45, 7) is 1.85. The van der Waals surface area contributed by atoms with E-state index in [0.717, 1.165) is 0 Å². The molecule has 0 aliphatic carbocycles. The Morgan fingerprint density at radius 3 is 2.73 bits per heavy atom. The SMILES string of the molecule is C[C@@H](Nc1ncnc2[nH]cnc12)c1cc2ccc(F)c(Cl)c2c(=O)n1-c1cccc(Cl)c1Cl. The number of aromatic amines is 1. The Hall–Kier alpha value is -3.20. The molecule has 0 saturated heterocycles. The lowest BCUT2D eigenvalue weighted by molar-refractivity contribution is 0.629. The molecule has 0 unspecified atom stereocenters. The number of hydrogen-bond donors (Lipinski definition) is 2. The van der Waals surface area contributed by atoms with Gasteiger partial charge in [-0.3, -0.25) is 9.36 Å². The summed E-state index contributed by atoms with van der Waals surface area (Å²) in [6.07, 6.45) is 2.92. The fourth-order valence-corrected chi connectivity index (χ4v) is 4.37. The number of fused-ring (bicyclic) bond motifs is 2. The van der Waals surface area contributed by atoms with E-state index in [1.165, 1.54) is 29.4 Å². The van der Waals surface area contributed by atoms with Gasteiger partial charge in [-0.2, -0.15) is 0 Å². The van der Waals surface area contributed by atoms with E-state index >= 15 is 0 Å². The number of anilines is 1. The second kappa shape index (κ2) is 8.30. The standard InChI is InChI=1S/C22H14Cl3FN6O/c1-10(31-21-19-20(28-8-27-19)29-9-30-21)15-7-11-5-6-13(26)18(25)16(11)22(33)32(15)14-4-2-3-12(23)17(14)24/h2-10H,1H3,(H2,27,28,29,30,31)/t10-/m1/s1. The number of nitrogens with zero attached hydrogens (tertiary/aromatic N) is 4. The Bertz CT molecular complexity index is 1600. The summed E-state index contributed by atoms with van der Waals surface area (Å²) in [5.74, 6) is -0.215. The minimum absolute atomic E-state index is 0.0420. The van der Waals surface area contributed by atoms with E-state index in [9.17, 15) is 9.18 Å². The summed E-state index contributed by atoms with van der Waals surface area (Å²) in [5.41, 5.74) is 1.45. The number of benzene rings is 2. The van der Waals surface area contributed by atoms with Crippen molar-refractivity contribution in [2.45, 2.75) is 13.0 Å². The molecule has 3 heterocycles. The molecule has 1 atom stereocenters. The molecule has 0 spiro atoms. The highest BCUT2D eigenvalue weighted by Gasteiger charge is 2.22. The number of H-pyrrole nitrogens is 1. The van der Waals surface area contributed by atoms with Gasteiger partial charge in [0, 0.05) is 5.69 Å². The first-order valence-corrected chi connectivity index (χ1v) is 10.9. The highest BCUT2D eigenvalue weighted by atomic mass is 35.5. The Kier molecular flexibility index (Phi) is 5.44. The molecule has 0 aliphatic rings. The van der Waals surface area contributed by atoms with Gasteiger partial charge in [0.25, 0.3) is 5.56 Å². The lowest BCUT2D eigenvalue weighted by Gasteiger charge is -2.22. The number of nitrogens with one attached hydrogen (secondary N) is 2. The van der Waals surface area contributed by atoms with E-state index in [0.29, 0.717) is 33.7 Å². The summed E-state index contributed by atoms with van der Waals surface area (Å²) >= 11 is 18.9. The van der Waals surface area contributed by atoms with Crippen molar-refractivity contribution in [2.24, 2.45) is 0 Å². The van der Waals surface area contributed by atoms with Gasteiger partial charge < -0.3 is 10.3 Å². The third kappa shape index (κ3) is 3.60. The third-order valence-electron chi connectivity index (χ3n) is 5.29.